The van der Waals surface area contributed by atoms with E-state index in [1.807, 2.05) is 0 Å². The lowest BCUT2D eigenvalue weighted by atomic mass is 10.1. The number of nitrogens with zero attached hydrogens (tertiary/aromatic N) is 1. The minimum absolute atomic E-state index is 0.837. The second-order valence-electron chi connectivity index (χ2n) is 3.37. The third-order valence-corrected chi connectivity index (χ3v) is 2.58. The largest absolute Gasteiger partial charge is 0.324 e. The van der Waals surface area contributed by atoms with Gasteiger partial charge in [0.15, 0.2) is 0 Å². The lowest BCUT2D eigenvalue weighted by Gasteiger charge is -2.45. The summed E-state index contributed by atoms with van der Waals surface area (Å²) < 4.78 is 1.31. The van der Waals surface area contributed by atoms with Crippen LogP contribution in [0.4, 0.5) is 0 Å². The van der Waals surface area contributed by atoms with Crippen LogP contribution in [0.25, 0.3) is 0 Å². The van der Waals surface area contributed by atoms with Gasteiger partial charge in [0.1, 0.15) is 0 Å². The van der Waals surface area contributed by atoms with Crippen molar-refractivity contribution < 1.29 is 4.48 Å². The van der Waals surface area contributed by atoms with Gasteiger partial charge in [-0.2, -0.15) is 0 Å². The number of likely N-dealkylation sites (tertiary alicyclic amines) is 1. The molecule has 1 fully saturated rings. The predicted octanol–water partition coefficient (Wildman–Crippen LogP) is 1.25. The summed E-state index contributed by atoms with van der Waals surface area (Å²) in [6, 6.07) is 0.837. The highest BCUT2D eigenvalue weighted by Crippen LogP contribution is 2.20. The second-order valence-corrected chi connectivity index (χ2v) is 3.37. The molecule has 0 bridgehead atoms. The van der Waals surface area contributed by atoms with Gasteiger partial charge in [0.25, 0.3) is 0 Å². The van der Waals surface area contributed by atoms with E-state index in [2.05, 4.69) is 20.9 Å². The molecule has 1 heteroatoms. The fourth-order valence-corrected chi connectivity index (χ4v) is 1.17. The van der Waals surface area contributed by atoms with E-state index in [1.54, 1.807) is 0 Å². The summed E-state index contributed by atoms with van der Waals surface area (Å²) in [5.74, 6) is 0. The SMILES string of the molecule is CC(C)[N+]1(C)CCC1. The molecule has 0 spiro atoms. The molecule has 1 rings (SSSR count). The third kappa shape index (κ3) is 0.752. The molecule has 0 amide bonds. The molecular weight excluding hydrogens is 98.1 g/mol. The molecule has 0 aromatic carbocycles. The van der Waals surface area contributed by atoms with Crippen LogP contribution in [0.1, 0.15) is 20.3 Å². The van der Waals surface area contributed by atoms with Crippen LogP contribution >= 0.6 is 0 Å². The Morgan fingerprint density at radius 1 is 1.25 bits per heavy atom. The molecule has 1 nitrogen and oxygen atoms in total. The van der Waals surface area contributed by atoms with Crippen molar-refractivity contribution in [2.45, 2.75) is 26.3 Å². The zero-order chi connectivity index (χ0) is 6.20. The molecule has 0 atom stereocenters. The second kappa shape index (κ2) is 1.73. The first-order valence-electron chi connectivity index (χ1n) is 3.49. The highest BCUT2D eigenvalue weighted by molar-refractivity contribution is 4.54. The van der Waals surface area contributed by atoms with Gasteiger partial charge >= 0.3 is 0 Å². The molecule has 0 N–H and O–H groups in total. The summed E-state index contributed by atoms with van der Waals surface area (Å²) in [5, 5.41) is 0. The van der Waals surface area contributed by atoms with Crippen LogP contribution in [0.3, 0.4) is 0 Å². The van der Waals surface area contributed by atoms with Gasteiger partial charge < -0.3 is 4.48 Å². The lowest BCUT2D eigenvalue weighted by Crippen LogP contribution is -2.58. The molecule has 48 valence electrons. The molecular formula is C7H16N+. The van der Waals surface area contributed by atoms with Gasteiger partial charge in [-0.15, -0.1) is 0 Å². The van der Waals surface area contributed by atoms with Crippen molar-refractivity contribution in [3.05, 3.63) is 0 Å². The number of hydrogen-bond acceptors (Lipinski definition) is 0. The Kier molecular flexibility index (Phi) is 1.31. The van der Waals surface area contributed by atoms with E-state index >= 15 is 0 Å². The summed E-state index contributed by atoms with van der Waals surface area (Å²) in [7, 11) is 2.34. The number of hydrogen-bond donors (Lipinski definition) is 0. The van der Waals surface area contributed by atoms with E-state index in [9.17, 15) is 0 Å². The van der Waals surface area contributed by atoms with Crippen LogP contribution in [0.2, 0.25) is 0 Å². The van der Waals surface area contributed by atoms with Crippen molar-refractivity contribution >= 4 is 0 Å². The van der Waals surface area contributed by atoms with Gasteiger partial charge in [-0.25, -0.2) is 0 Å². The average molecular weight is 114 g/mol. The van der Waals surface area contributed by atoms with Crippen LogP contribution in [0.15, 0.2) is 0 Å². The minimum Gasteiger partial charge on any atom is -0.324 e. The maximum atomic E-state index is 2.34. The summed E-state index contributed by atoms with van der Waals surface area (Å²) in [6.07, 6.45) is 1.44. The van der Waals surface area contributed by atoms with Crippen molar-refractivity contribution in [2.75, 3.05) is 20.1 Å². The van der Waals surface area contributed by atoms with Crippen molar-refractivity contribution in [1.29, 1.82) is 0 Å². The summed E-state index contributed by atoms with van der Waals surface area (Å²) in [4.78, 5) is 0. The molecule has 8 heavy (non-hydrogen) atoms. The maximum Gasteiger partial charge on any atom is 0.0840 e. The van der Waals surface area contributed by atoms with E-state index in [-0.39, 0.29) is 0 Å². The van der Waals surface area contributed by atoms with Gasteiger partial charge in [0.05, 0.1) is 26.2 Å². The first-order chi connectivity index (χ1) is 3.65. The van der Waals surface area contributed by atoms with Gasteiger partial charge in [-0.05, 0) is 13.8 Å². The molecule has 1 aliphatic heterocycles. The average Bonchev–Trinajstić information content (AvgIpc) is 1.60. The van der Waals surface area contributed by atoms with Crippen molar-refractivity contribution in [3.8, 4) is 0 Å². The zero-order valence-electron chi connectivity index (χ0n) is 6.15. The van der Waals surface area contributed by atoms with E-state index < -0.39 is 0 Å². The van der Waals surface area contributed by atoms with Gasteiger partial charge in [-0.1, -0.05) is 0 Å². The number of rotatable bonds is 1. The molecule has 0 aromatic rings. The van der Waals surface area contributed by atoms with E-state index in [4.69, 9.17) is 0 Å². The Bertz CT molecular complexity index is 82.4. The van der Waals surface area contributed by atoms with Crippen LogP contribution in [0, 0.1) is 0 Å². The van der Waals surface area contributed by atoms with Crippen molar-refractivity contribution in [2.24, 2.45) is 0 Å². The predicted molar refractivity (Wildman–Crippen MR) is 35.7 cm³/mol. The standard InChI is InChI=1S/C7H16N/c1-7(2)8(3)5-4-6-8/h7H,4-6H2,1-3H3/q+1. The van der Waals surface area contributed by atoms with Crippen molar-refractivity contribution in [3.63, 3.8) is 0 Å². The summed E-state index contributed by atoms with van der Waals surface area (Å²) >= 11 is 0. The Morgan fingerprint density at radius 3 is 1.75 bits per heavy atom. The molecule has 0 radical (unpaired) electrons. The Morgan fingerprint density at radius 2 is 1.75 bits per heavy atom. The number of quaternary nitrogens is 1. The Balaban J connectivity index is 2.41. The third-order valence-electron chi connectivity index (χ3n) is 2.58. The fourth-order valence-electron chi connectivity index (χ4n) is 1.17. The first kappa shape index (κ1) is 6.09. The molecule has 1 saturated heterocycles. The van der Waals surface area contributed by atoms with Crippen LogP contribution in [-0.2, 0) is 0 Å². The molecule has 1 aliphatic rings. The smallest absolute Gasteiger partial charge is 0.0840 e. The van der Waals surface area contributed by atoms with Crippen molar-refractivity contribution in [1.82, 2.24) is 0 Å². The van der Waals surface area contributed by atoms with Gasteiger partial charge in [-0.3, -0.25) is 0 Å². The highest BCUT2D eigenvalue weighted by atomic mass is 15.4. The molecule has 0 saturated carbocycles. The fraction of sp³-hybridized carbons (Fsp3) is 1.00. The normalized spacial score (nSPS) is 25.5. The monoisotopic (exact) mass is 114 g/mol. The zero-order valence-corrected chi connectivity index (χ0v) is 6.15. The Hall–Kier alpha value is -0.0400. The maximum absolute atomic E-state index is 2.34. The molecule has 1 heterocycles. The van der Waals surface area contributed by atoms with E-state index in [1.165, 1.54) is 24.0 Å². The first-order valence-corrected chi connectivity index (χ1v) is 3.49. The van der Waals surface area contributed by atoms with Gasteiger partial charge in [0, 0.05) is 6.42 Å². The van der Waals surface area contributed by atoms with E-state index in [0.717, 1.165) is 6.04 Å². The summed E-state index contributed by atoms with van der Waals surface area (Å²) in [6.45, 7) is 7.41. The van der Waals surface area contributed by atoms with Crippen LogP contribution in [-0.4, -0.2) is 30.7 Å². The van der Waals surface area contributed by atoms with Crippen LogP contribution in [0.5, 0.6) is 0 Å². The van der Waals surface area contributed by atoms with E-state index in [0.29, 0.717) is 0 Å². The molecule has 0 unspecified atom stereocenters. The molecule has 0 aliphatic carbocycles. The van der Waals surface area contributed by atoms with Crippen LogP contribution < -0.4 is 0 Å². The topological polar surface area (TPSA) is 0 Å². The summed E-state index contributed by atoms with van der Waals surface area (Å²) in [5.41, 5.74) is 0. The molecule has 0 aromatic heterocycles. The highest BCUT2D eigenvalue weighted by Gasteiger charge is 2.32. The quantitative estimate of drug-likeness (QED) is 0.450. The minimum atomic E-state index is 0.837. The Labute approximate surface area is 51.9 Å². The van der Waals surface area contributed by atoms with Gasteiger partial charge in [0.2, 0.25) is 0 Å². The lowest BCUT2D eigenvalue weighted by molar-refractivity contribution is -0.965.